The monoisotopic (exact) mass is 585 g/mol. The van der Waals surface area contributed by atoms with Crippen molar-refractivity contribution in [1.29, 1.82) is 0 Å². The van der Waals surface area contributed by atoms with E-state index in [4.69, 9.17) is 11.6 Å². The molecule has 4 aromatic carbocycles. The van der Waals surface area contributed by atoms with Crippen LogP contribution in [0.15, 0.2) is 99.4 Å². The fraction of sp³-hybridized carbons (Fsp3) is 0.0769. The highest BCUT2D eigenvalue weighted by Crippen LogP contribution is 2.26. The number of carbonyl (C=O) groups is 1. The SMILES string of the molecule is O=C(CN(Cc1ccccc1Cl)S(=O)(=O)c1ccc(Br)cc1)N/N=C/c1c(O)ccc2ccccc12. The number of phenols is 1. The van der Waals surface area contributed by atoms with Gasteiger partial charge in [-0.3, -0.25) is 4.79 Å². The first kappa shape index (κ1) is 25.8. The van der Waals surface area contributed by atoms with Crippen molar-refractivity contribution in [2.24, 2.45) is 5.10 Å². The quantitative estimate of drug-likeness (QED) is 0.216. The van der Waals surface area contributed by atoms with Gasteiger partial charge in [0.25, 0.3) is 5.91 Å². The van der Waals surface area contributed by atoms with Crippen LogP contribution < -0.4 is 5.43 Å². The molecule has 7 nitrogen and oxygen atoms in total. The van der Waals surface area contributed by atoms with E-state index in [2.05, 4.69) is 26.5 Å². The van der Waals surface area contributed by atoms with E-state index in [1.807, 2.05) is 24.3 Å². The molecule has 0 aliphatic heterocycles. The number of hydrogen-bond acceptors (Lipinski definition) is 5. The third-order valence-electron chi connectivity index (χ3n) is 5.41. The van der Waals surface area contributed by atoms with E-state index in [0.717, 1.165) is 19.6 Å². The number of nitrogens with one attached hydrogen (secondary N) is 1. The molecule has 0 radical (unpaired) electrons. The maximum absolute atomic E-state index is 13.4. The van der Waals surface area contributed by atoms with E-state index in [0.29, 0.717) is 16.1 Å². The van der Waals surface area contributed by atoms with Crippen LogP contribution in [0.5, 0.6) is 5.75 Å². The normalized spacial score (nSPS) is 11.9. The van der Waals surface area contributed by atoms with Crippen molar-refractivity contribution in [3.05, 3.63) is 106 Å². The second-order valence-electron chi connectivity index (χ2n) is 7.83. The smallest absolute Gasteiger partial charge is 0.255 e. The first-order valence-corrected chi connectivity index (χ1v) is 13.4. The van der Waals surface area contributed by atoms with Gasteiger partial charge in [-0.1, -0.05) is 76.1 Å². The summed E-state index contributed by atoms with van der Waals surface area (Å²) in [4.78, 5) is 12.8. The van der Waals surface area contributed by atoms with Crippen molar-refractivity contribution in [1.82, 2.24) is 9.73 Å². The van der Waals surface area contributed by atoms with Gasteiger partial charge in [-0.25, -0.2) is 13.8 Å². The Bertz CT molecular complexity index is 1540. The van der Waals surface area contributed by atoms with Crippen molar-refractivity contribution < 1.29 is 18.3 Å². The highest BCUT2D eigenvalue weighted by atomic mass is 79.9. The van der Waals surface area contributed by atoms with Gasteiger partial charge in [0.2, 0.25) is 10.0 Å². The van der Waals surface area contributed by atoms with Crippen LogP contribution >= 0.6 is 27.5 Å². The lowest BCUT2D eigenvalue weighted by Crippen LogP contribution is -2.39. The first-order valence-electron chi connectivity index (χ1n) is 10.8. The van der Waals surface area contributed by atoms with Crippen LogP contribution in [0, 0.1) is 0 Å². The average molecular weight is 587 g/mol. The highest BCUT2D eigenvalue weighted by molar-refractivity contribution is 9.10. The molecule has 0 saturated carbocycles. The Kier molecular flexibility index (Phi) is 8.05. The molecule has 2 N–H and O–H groups in total. The summed E-state index contributed by atoms with van der Waals surface area (Å²) in [5, 5.41) is 16.3. The zero-order chi connectivity index (χ0) is 25.7. The number of sulfonamides is 1. The van der Waals surface area contributed by atoms with Gasteiger partial charge in [-0.2, -0.15) is 9.41 Å². The van der Waals surface area contributed by atoms with Crippen LogP contribution in [-0.4, -0.2) is 36.5 Å². The van der Waals surface area contributed by atoms with Crippen LogP contribution in [0.4, 0.5) is 0 Å². The lowest BCUT2D eigenvalue weighted by molar-refractivity contribution is -0.121. The molecule has 0 heterocycles. The standard InChI is InChI=1S/C26H21BrClN3O4S/c27-20-10-12-21(13-11-20)36(34,35)31(16-19-6-2-4-8-24(19)28)17-26(33)30-29-15-23-22-7-3-1-5-18(22)9-14-25(23)32/h1-15,32H,16-17H2,(H,30,33)/b29-15+. The summed E-state index contributed by atoms with van der Waals surface area (Å²) in [5.41, 5.74) is 3.35. The van der Waals surface area contributed by atoms with E-state index < -0.39 is 22.5 Å². The number of fused-ring (bicyclic) bond motifs is 1. The number of rotatable bonds is 8. The topological polar surface area (TPSA) is 99.1 Å². The van der Waals surface area contributed by atoms with Crippen LogP contribution in [0.3, 0.4) is 0 Å². The number of phenolic OH excluding ortho intramolecular Hbond substituents is 1. The molecule has 36 heavy (non-hydrogen) atoms. The number of carbonyl (C=O) groups excluding carboxylic acids is 1. The molecule has 4 aromatic rings. The number of amides is 1. The van der Waals surface area contributed by atoms with Crippen LogP contribution in [-0.2, 0) is 21.4 Å². The van der Waals surface area contributed by atoms with Gasteiger partial charge in [-0.05, 0) is 52.7 Å². The number of hydrogen-bond donors (Lipinski definition) is 2. The van der Waals surface area contributed by atoms with E-state index in [1.54, 1.807) is 48.5 Å². The van der Waals surface area contributed by atoms with Gasteiger partial charge in [-0.15, -0.1) is 0 Å². The number of nitrogens with zero attached hydrogens (tertiary/aromatic N) is 2. The Morgan fingerprint density at radius 1 is 1.00 bits per heavy atom. The van der Waals surface area contributed by atoms with E-state index in [1.165, 1.54) is 18.3 Å². The minimum atomic E-state index is -4.04. The highest BCUT2D eigenvalue weighted by Gasteiger charge is 2.27. The maximum atomic E-state index is 13.4. The molecular weight excluding hydrogens is 566 g/mol. The summed E-state index contributed by atoms with van der Waals surface area (Å²) < 4.78 is 28.6. The summed E-state index contributed by atoms with van der Waals surface area (Å²) in [6.07, 6.45) is 1.33. The third-order valence-corrected chi connectivity index (χ3v) is 8.11. The molecule has 184 valence electrons. The zero-order valence-electron chi connectivity index (χ0n) is 18.8. The Labute approximate surface area is 222 Å². The molecule has 4 rings (SSSR count). The van der Waals surface area contributed by atoms with Gasteiger partial charge in [0.15, 0.2) is 0 Å². The van der Waals surface area contributed by atoms with Crippen molar-refractivity contribution in [2.75, 3.05) is 6.54 Å². The van der Waals surface area contributed by atoms with E-state index >= 15 is 0 Å². The van der Waals surface area contributed by atoms with Gasteiger partial charge in [0, 0.05) is 21.6 Å². The summed E-state index contributed by atoms with van der Waals surface area (Å²) in [7, 11) is -4.04. The largest absolute Gasteiger partial charge is 0.507 e. The predicted octanol–water partition coefficient (Wildman–Crippen LogP) is 5.30. The van der Waals surface area contributed by atoms with E-state index in [-0.39, 0.29) is 17.2 Å². The molecule has 0 fully saturated rings. The maximum Gasteiger partial charge on any atom is 0.255 e. The lowest BCUT2D eigenvalue weighted by atomic mass is 10.0. The van der Waals surface area contributed by atoms with Gasteiger partial charge >= 0.3 is 0 Å². The molecule has 0 saturated heterocycles. The Morgan fingerprint density at radius 3 is 2.44 bits per heavy atom. The molecular formula is C26H21BrClN3O4S. The van der Waals surface area contributed by atoms with Crippen LogP contribution in [0.2, 0.25) is 5.02 Å². The first-order chi connectivity index (χ1) is 17.3. The Morgan fingerprint density at radius 2 is 1.69 bits per heavy atom. The summed E-state index contributed by atoms with van der Waals surface area (Å²) >= 11 is 9.56. The number of halogens is 2. The molecule has 0 unspecified atom stereocenters. The van der Waals surface area contributed by atoms with Crippen molar-refractivity contribution in [3.63, 3.8) is 0 Å². The summed E-state index contributed by atoms with van der Waals surface area (Å²) in [5.74, 6) is -0.649. The minimum absolute atomic E-state index is 0.00450. The van der Waals surface area contributed by atoms with Crippen molar-refractivity contribution in [2.45, 2.75) is 11.4 Å². The molecule has 1 amide bonds. The number of aromatic hydroxyl groups is 1. The number of benzene rings is 4. The lowest BCUT2D eigenvalue weighted by Gasteiger charge is -2.22. The van der Waals surface area contributed by atoms with E-state index in [9.17, 15) is 18.3 Å². The van der Waals surface area contributed by atoms with Gasteiger partial charge in [0.05, 0.1) is 17.7 Å². The molecule has 0 bridgehead atoms. The second-order valence-corrected chi connectivity index (χ2v) is 11.1. The predicted molar refractivity (Wildman–Crippen MR) is 145 cm³/mol. The second kappa shape index (κ2) is 11.2. The molecule has 10 heteroatoms. The molecule has 0 spiro atoms. The summed E-state index contributed by atoms with van der Waals surface area (Å²) in [6, 6.07) is 23.7. The van der Waals surface area contributed by atoms with Gasteiger partial charge < -0.3 is 5.11 Å². The van der Waals surface area contributed by atoms with Gasteiger partial charge in [0.1, 0.15) is 5.75 Å². The molecule has 0 aliphatic carbocycles. The fourth-order valence-electron chi connectivity index (χ4n) is 3.58. The fourth-order valence-corrected chi connectivity index (χ4v) is 5.42. The Balaban J connectivity index is 1.57. The molecule has 0 aromatic heterocycles. The van der Waals surface area contributed by atoms with Crippen molar-refractivity contribution in [3.8, 4) is 5.75 Å². The third kappa shape index (κ3) is 5.93. The average Bonchev–Trinajstić information content (AvgIpc) is 2.86. The zero-order valence-corrected chi connectivity index (χ0v) is 22.0. The summed E-state index contributed by atoms with van der Waals surface area (Å²) in [6.45, 7) is -0.609. The minimum Gasteiger partial charge on any atom is -0.507 e. The van der Waals surface area contributed by atoms with Crippen molar-refractivity contribution >= 4 is 60.4 Å². The Hall–Kier alpha value is -3.24. The van der Waals surface area contributed by atoms with Crippen LogP contribution in [0.1, 0.15) is 11.1 Å². The molecule has 0 atom stereocenters. The number of hydrazone groups is 1. The molecule has 0 aliphatic rings. The van der Waals surface area contributed by atoms with Crippen LogP contribution in [0.25, 0.3) is 10.8 Å².